The van der Waals surface area contributed by atoms with Gasteiger partial charge in [0.1, 0.15) is 11.1 Å². The van der Waals surface area contributed by atoms with Crippen LogP contribution in [-0.4, -0.2) is 35.8 Å². The highest BCUT2D eigenvalue weighted by Crippen LogP contribution is 2.36. The molecule has 0 radical (unpaired) electrons. The van der Waals surface area contributed by atoms with Gasteiger partial charge in [-0.2, -0.15) is 0 Å². The number of aryl methyl sites for hydroxylation is 2. The van der Waals surface area contributed by atoms with Crippen molar-refractivity contribution in [3.63, 3.8) is 0 Å². The third kappa shape index (κ3) is 3.79. The second kappa shape index (κ2) is 8.56. The summed E-state index contributed by atoms with van der Waals surface area (Å²) >= 11 is 0. The number of carbonyl (C=O) groups is 3. The van der Waals surface area contributed by atoms with E-state index in [0.29, 0.717) is 30.1 Å². The van der Waals surface area contributed by atoms with E-state index in [1.807, 2.05) is 25.0 Å². The monoisotopic (exact) mass is 473 g/mol. The molecule has 3 aromatic rings. The summed E-state index contributed by atoms with van der Waals surface area (Å²) in [6.45, 7) is 9.34. The molecule has 5 rings (SSSR count). The lowest BCUT2D eigenvalue weighted by Crippen LogP contribution is -2.48. The van der Waals surface area contributed by atoms with Gasteiger partial charge in [0.25, 0.3) is 11.8 Å². The maximum Gasteiger partial charge on any atom is 0.322 e. The van der Waals surface area contributed by atoms with Crippen LogP contribution in [0.15, 0.2) is 47.1 Å². The number of rotatable bonds is 4. The summed E-state index contributed by atoms with van der Waals surface area (Å²) in [6, 6.07) is 10.9. The number of fused-ring (bicyclic) bond motifs is 1. The molecule has 2 saturated heterocycles. The van der Waals surface area contributed by atoms with Crippen LogP contribution in [0.25, 0.3) is 11.0 Å². The summed E-state index contributed by atoms with van der Waals surface area (Å²) in [4.78, 5) is 39.5. The van der Waals surface area contributed by atoms with Crippen LogP contribution in [0.4, 0.5) is 4.79 Å². The van der Waals surface area contributed by atoms with E-state index in [0.717, 1.165) is 18.4 Å². The predicted molar refractivity (Wildman–Crippen MR) is 133 cm³/mol. The van der Waals surface area contributed by atoms with Gasteiger partial charge in [0.2, 0.25) is 0 Å². The molecule has 182 valence electrons. The quantitative estimate of drug-likeness (QED) is 0.535. The summed E-state index contributed by atoms with van der Waals surface area (Å²) in [7, 11) is 0. The van der Waals surface area contributed by atoms with E-state index in [-0.39, 0.29) is 17.7 Å². The maximum absolute atomic E-state index is 13.2. The van der Waals surface area contributed by atoms with E-state index in [2.05, 4.69) is 36.6 Å². The van der Waals surface area contributed by atoms with Crippen molar-refractivity contribution in [1.82, 2.24) is 15.5 Å². The fraction of sp³-hybridized carbons (Fsp3) is 0.393. The molecular formula is C28H31N3O4. The molecule has 0 spiro atoms. The molecule has 0 bridgehead atoms. The molecule has 2 aliphatic heterocycles. The van der Waals surface area contributed by atoms with Gasteiger partial charge < -0.3 is 14.6 Å². The second-order valence-electron chi connectivity index (χ2n) is 10.1. The third-order valence-corrected chi connectivity index (χ3v) is 7.79. The van der Waals surface area contributed by atoms with Crippen LogP contribution in [-0.2, 0) is 10.3 Å². The van der Waals surface area contributed by atoms with E-state index in [4.69, 9.17) is 4.42 Å². The Hall–Kier alpha value is -3.61. The van der Waals surface area contributed by atoms with Crippen molar-refractivity contribution < 1.29 is 18.8 Å². The van der Waals surface area contributed by atoms with E-state index < -0.39 is 11.6 Å². The van der Waals surface area contributed by atoms with Crippen molar-refractivity contribution >= 4 is 28.8 Å². The molecule has 2 aromatic carbocycles. The maximum atomic E-state index is 13.2. The summed E-state index contributed by atoms with van der Waals surface area (Å²) in [5.41, 5.74) is 4.76. The Kier molecular flexibility index (Phi) is 5.66. The minimum atomic E-state index is -1.12. The number of piperidine rings is 1. The first-order valence-corrected chi connectivity index (χ1v) is 12.2. The van der Waals surface area contributed by atoms with Crippen molar-refractivity contribution in [3.8, 4) is 0 Å². The fourth-order valence-electron chi connectivity index (χ4n) is 5.48. The van der Waals surface area contributed by atoms with Crippen molar-refractivity contribution in [3.05, 3.63) is 70.5 Å². The topological polar surface area (TPSA) is 91.7 Å². The molecule has 4 amide bonds. The molecule has 7 nitrogen and oxygen atoms in total. The molecule has 0 aliphatic carbocycles. The van der Waals surface area contributed by atoms with Crippen molar-refractivity contribution in [2.24, 2.45) is 5.92 Å². The Balaban J connectivity index is 1.29. The van der Waals surface area contributed by atoms with Crippen molar-refractivity contribution in [2.75, 3.05) is 13.1 Å². The van der Waals surface area contributed by atoms with Crippen LogP contribution in [0.2, 0.25) is 0 Å². The molecular weight excluding hydrogens is 442 g/mol. The van der Waals surface area contributed by atoms with E-state index in [1.165, 1.54) is 22.1 Å². The SMILES string of the molecule is Cc1cc2occ(C3CCN(C(=O)c4ccc(C5(C(C)C)NC(=O)NC5=O)cc4)CC3)c2cc1C. The number of nitrogens with one attached hydrogen (secondary N) is 2. The third-order valence-electron chi connectivity index (χ3n) is 7.79. The Labute approximate surface area is 204 Å². The van der Waals surface area contributed by atoms with Crippen LogP contribution in [0.1, 0.15) is 65.2 Å². The standard InChI is InChI=1S/C28H31N3O4/c1-16(2)28(26(33)29-27(34)30-28)21-7-5-20(6-8-21)25(32)31-11-9-19(10-12-31)23-15-35-24-14-18(4)17(3)13-22(23)24/h5-8,13-16,19H,9-12H2,1-4H3,(H2,29,30,33,34). The van der Waals surface area contributed by atoms with E-state index in [1.54, 1.807) is 24.3 Å². The minimum Gasteiger partial charge on any atom is -0.464 e. The first-order chi connectivity index (χ1) is 16.7. The number of imide groups is 1. The number of likely N-dealkylation sites (tertiary alicyclic amines) is 1. The van der Waals surface area contributed by atoms with Gasteiger partial charge in [-0.25, -0.2) is 4.79 Å². The fourth-order valence-corrected chi connectivity index (χ4v) is 5.48. The Morgan fingerprint density at radius 3 is 2.31 bits per heavy atom. The van der Waals surface area contributed by atoms with E-state index >= 15 is 0 Å². The number of hydrogen-bond donors (Lipinski definition) is 2. The number of urea groups is 1. The average molecular weight is 474 g/mol. The van der Waals surface area contributed by atoms with Gasteiger partial charge in [-0.15, -0.1) is 0 Å². The molecule has 1 unspecified atom stereocenters. The number of nitrogens with zero attached hydrogens (tertiary/aromatic N) is 1. The number of benzene rings is 2. The largest absolute Gasteiger partial charge is 0.464 e. The molecule has 7 heteroatoms. The first kappa shape index (κ1) is 23.1. The van der Waals surface area contributed by atoms with Crippen LogP contribution in [0, 0.1) is 19.8 Å². The van der Waals surface area contributed by atoms with Crippen LogP contribution in [0.5, 0.6) is 0 Å². The summed E-state index contributed by atoms with van der Waals surface area (Å²) in [5, 5.41) is 6.29. The lowest BCUT2D eigenvalue weighted by Gasteiger charge is -2.32. The van der Waals surface area contributed by atoms with Gasteiger partial charge >= 0.3 is 6.03 Å². The molecule has 1 atom stereocenters. The van der Waals surface area contributed by atoms with Gasteiger partial charge in [-0.3, -0.25) is 14.9 Å². The summed E-state index contributed by atoms with van der Waals surface area (Å²) in [6.07, 6.45) is 3.65. The summed E-state index contributed by atoms with van der Waals surface area (Å²) in [5.74, 6) is -0.172. The predicted octanol–water partition coefficient (Wildman–Crippen LogP) is 4.76. The molecule has 35 heavy (non-hydrogen) atoms. The Morgan fingerprint density at radius 1 is 1.06 bits per heavy atom. The lowest BCUT2D eigenvalue weighted by atomic mass is 9.79. The highest BCUT2D eigenvalue weighted by Gasteiger charge is 2.50. The van der Waals surface area contributed by atoms with Crippen LogP contribution >= 0.6 is 0 Å². The van der Waals surface area contributed by atoms with Crippen LogP contribution in [0.3, 0.4) is 0 Å². The van der Waals surface area contributed by atoms with E-state index in [9.17, 15) is 14.4 Å². The number of furan rings is 1. The van der Waals surface area contributed by atoms with Gasteiger partial charge in [-0.05, 0) is 79.5 Å². The molecule has 2 N–H and O–H groups in total. The zero-order valence-electron chi connectivity index (χ0n) is 20.6. The first-order valence-electron chi connectivity index (χ1n) is 12.2. The lowest BCUT2D eigenvalue weighted by molar-refractivity contribution is -0.125. The average Bonchev–Trinajstić information content (AvgIpc) is 3.39. The van der Waals surface area contributed by atoms with Crippen molar-refractivity contribution in [1.29, 1.82) is 0 Å². The highest BCUT2D eigenvalue weighted by atomic mass is 16.3. The van der Waals surface area contributed by atoms with Gasteiger partial charge in [0.05, 0.1) is 6.26 Å². The number of hydrogen-bond acceptors (Lipinski definition) is 4. The highest BCUT2D eigenvalue weighted by molar-refractivity contribution is 6.07. The van der Waals surface area contributed by atoms with Gasteiger partial charge in [0.15, 0.2) is 0 Å². The zero-order valence-corrected chi connectivity index (χ0v) is 20.6. The van der Waals surface area contributed by atoms with Gasteiger partial charge in [-0.1, -0.05) is 26.0 Å². The minimum absolute atomic E-state index is 0.0166. The molecule has 2 fully saturated rings. The number of amides is 4. The molecule has 1 aromatic heterocycles. The Bertz CT molecular complexity index is 1320. The normalized spacial score (nSPS) is 21.0. The molecule has 0 saturated carbocycles. The summed E-state index contributed by atoms with van der Waals surface area (Å²) < 4.78 is 5.84. The van der Waals surface area contributed by atoms with Crippen molar-refractivity contribution in [2.45, 2.75) is 52.0 Å². The second-order valence-corrected chi connectivity index (χ2v) is 10.1. The smallest absolute Gasteiger partial charge is 0.322 e. The zero-order chi connectivity index (χ0) is 24.9. The van der Waals surface area contributed by atoms with Crippen LogP contribution < -0.4 is 10.6 Å². The van der Waals surface area contributed by atoms with Gasteiger partial charge in [0, 0.05) is 29.6 Å². The Morgan fingerprint density at radius 2 is 1.71 bits per heavy atom. The molecule has 3 heterocycles. The number of carbonyl (C=O) groups excluding carboxylic acids is 3. The molecule has 2 aliphatic rings.